The zero-order valence-electron chi connectivity index (χ0n) is 8.30. The lowest BCUT2D eigenvalue weighted by atomic mass is 9.91. The molecule has 0 aliphatic carbocycles. The Morgan fingerprint density at radius 2 is 2.15 bits per heavy atom. The smallest absolute Gasteiger partial charge is 0.193 e. The summed E-state index contributed by atoms with van der Waals surface area (Å²) in [4.78, 5) is 0. The first-order chi connectivity index (χ1) is 5.88. The lowest BCUT2D eigenvalue weighted by molar-refractivity contribution is 0.388. The second kappa shape index (κ2) is 3.72. The average Bonchev–Trinajstić information content (AvgIpc) is 2.31. The van der Waals surface area contributed by atoms with E-state index >= 15 is 0 Å². The molecule has 0 spiro atoms. The number of hydrogen-bond acceptors (Lipinski definition) is 2. The highest BCUT2D eigenvalue weighted by atomic mass is 35.5. The van der Waals surface area contributed by atoms with Crippen LogP contribution in [0.25, 0.3) is 0 Å². The van der Waals surface area contributed by atoms with Crippen LogP contribution in [-0.4, -0.2) is 5.54 Å². The molecule has 13 heavy (non-hydrogen) atoms. The highest BCUT2D eigenvalue weighted by Crippen LogP contribution is 2.27. The van der Waals surface area contributed by atoms with Crippen molar-refractivity contribution >= 4 is 11.6 Å². The first-order valence-corrected chi connectivity index (χ1v) is 4.80. The molecule has 0 saturated heterocycles. The average molecular weight is 202 g/mol. The zero-order valence-corrected chi connectivity index (χ0v) is 9.06. The SMILES string of the molecule is CC(CC(C)(C)N)c1ccc(Cl)o1. The van der Waals surface area contributed by atoms with E-state index in [9.17, 15) is 0 Å². The molecular formula is C10H16ClNO. The van der Waals surface area contributed by atoms with E-state index in [0.29, 0.717) is 11.1 Å². The predicted octanol–water partition coefficient (Wildman–Crippen LogP) is 3.16. The van der Waals surface area contributed by atoms with Crippen LogP contribution in [-0.2, 0) is 0 Å². The molecule has 2 N–H and O–H groups in total. The Bertz CT molecular complexity index is 275. The van der Waals surface area contributed by atoms with Gasteiger partial charge in [-0.3, -0.25) is 0 Å². The van der Waals surface area contributed by atoms with E-state index in [2.05, 4.69) is 6.92 Å². The third kappa shape index (κ3) is 3.41. The van der Waals surface area contributed by atoms with Crippen molar-refractivity contribution in [1.29, 1.82) is 0 Å². The molecule has 74 valence electrons. The maximum atomic E-state index is 5.91. The number of hydrogen-bond donors (Lipinski definition) is 1. The van der Waals surface area contributed by atoms with E-state index in [1.807, 2.05) is 19.9 Å². The van der Waals surface area contributed by atoms with Gasteiger partial charge < -0.3 is 10.2 Å². The van der Waals surface area contributed by atoms with Crippen molar-refractivity contribution in [2.45, 2.75) is 38.6 Å². The van der Waals surface area contributed by atoms with Crippen LogP contribution in [0.1, 0.15) is 38.9 Å². The second-order valence-corrected chi connectivity index (χ2v) is 4.61. The van der Waals surface area contributed by atoms with Crippen LogP contribution in [0.5, 0.6) is 0 Å². The molecule has 0 fully saturated rings. The van der Waals surface area contributed by atoms with E-state index in [4.69, 9.17) is 21.8 Å². The maximum Gasteiger partial charge on any atom is 0.193 e. The Kier molecular flexibility index (Phi) is 3.04. The summed E-state index contributed by atoms with van der Waals surface area (Å²) in [5.74, 6) is 1.22. The summed E-state index contributed by atoms with van der Waals surface area (Å²) in [5.41, 5.74) is 5.74. The van der Waals surface area contributed by atoms with Gasteiger partial charge in [-0.2, -0.15) is 0 Å². The third-order valence-electron chi connectivity index (χ3n) is 1.91. The van der Waals surface area contributed by atoms with Gasteiger partial charge >= 0.3 is 0 Å². The minimum atomic E-state index is -0.168. The van der Waals surface area contributed by atoms with E-state index in [-0.39, 0.29) is 5.54 Å². The first kappa shape index (κ1) is 10.6. The Labute approximate surface area is 84.1 Å². The van der Waals surface area contributed by atoms with Gasteiger partial charge in [0.05, 0.1) is 0 Å². The lowest BCUT2D eigenvalue weighted by Gasteiger charge is -2.21. The molecule has 1 unspecified atom stereocenters. The summed E-state index contributed by atoms with van der Waals surface area (Å²) in [5, 5.41) is 0.441. The second-order valence-electron chi connectivity index (χ2n) is 4.24. The predicted molar refractivity (Wildman–Crippen MR) is 55.0 cm³/mol. The Balaban J connectivity index is 2.64. The number of halogens is 1. The van der Waals surface area contributed by atoms with Crippen LogP contribution in [0.3, 0.4) is 0 Å². The van der Waals surface area contributed by atoms with Crippen molar-refractivity contribution in [1.82, 2.24) is 0 Å². The number of nitrogens with two attached hydrogens (primary N) is 1. The summed E-state index contributed by atoms with van der Waals surface area (Å²) >= 11 is 5.68. The third-order valence-corrected chi connectivity index (χ3v) is 2.12. The lowest BCUT2D eigenvalue weighted by Crippen LogP contribution is -2.33. The monoisotopic (exact) mass is 201 g/mol. The molecule has 0 aliphatic rings. The van der Waals surface area contributed by atoms with E-state index in [1.54, 1.807) is 6.07 Å². The van der Waals surface area contributed by atoms with Crippen LogP contribution in [0.15, 0.2) is 16.5 Å². The number of rotatable bonds is 3. The largest absolute Gasteiger partial charge is 0.449 e. The summed E-state index contributed by atoms with van der Waals surface area (Å²) in [7, 11) is 0. The molecule has 0 aliphatic heterocycles. The van der Waals surface area contributed by atoms with Crippen LogP contribution < -0.4 is 5.73 Å². The van der Waals surface area contributed by atoms with Crippen molar-refractivity contribution in [3.05, 3.63) is 23.1 Å². The van der Waals surface area contributed by atoms with Crippen molar-refractivity contribution < 1.29 is 4.42 Å². The van der Waals surface area contributed by atoms with Crippen molar-refractivity contribution in [3.8, 4) is 0 Å². The molecule has 1 aromatic heterocycles. The minimum absolute atomic E-state index is 0.168. The molecule has 0 saturated carbocycles. The van der Waals surface area contributed by atoms with E-state index in [1.165, 1.54) is 0 Å². The van der Waals surface area contributed by atoms with Gasteiger partial charge in [0.1, 0.15) is 5.76 Å². The molecule has 1 atom stereocenters. The quantitative estimate of drug-likeness (QED) is 0.816. The van der Waals surface area contributed by atoms with Crippen molar-refractivity contribution in [3.63, 3.8) is 0 Å². The molecular weight excluding hydrogens is 186 g/mol. The van der Waals surface area contributed by atoms with Crippen LogP contribution in [0.4, 0.5) is 0 Å². The zero-order chi connectivity index (χ0) is 10.1. The Hall–Kier alpha value is -0.470. The van der Waals surface area contributed by atoms with Crippen molar-refractivity contribution in [2.24, 2.45) is 5.73 Å². The highest BCUT2D eigenvalue weighted by molar-refractivity contribution is 6.28. The van der Waals surface area contributed by atoms with Gasteiger partial charge in [-0.15, -0.1) is 0 Å². The first-order valence-electron chi connectivity index (χ1n) is 4.42. The Morgan fingerprint density at radius 1 is 1.54 bits per heavy atom. The van der Waals surface area contributed by atoms with Gasteiger partial charge in [0.2, 0.25) is 0 Å². The van der Waals surface area contributed by atoms with Crippen LogP contribution in [0, 0.1) is 0 Å². The minimum Gasteiger partial charge on any atom is -0.449 e. The van der Waals surface area contributed by atoms with Gasteiger partial charge in [0.25, 0.3) is 0 Å². The summed E-state index contributed by atoms with van der Waals surface area (Å²) in [6.07, 6.45) is 0.886. The van der Waals surface area contributed by atoms with Gasteiger partial charge in [-0.05, 0) is 44.0 Å². The molecule has 0 aromatic carbocycles. The van der Waals surface area contributed by atoms with Crippen LogP contribution in [0.2, 0.25) is 5.22 Å². The van der Waals surface area contributed by atoms with Crippen molar-refractivity contribution in [2.75, 3.05) is 0 Å². The standard InChI is InChI=1S/C10H16ClNO/c1-7(6-10(2,3)12)8-4-5-9(11)13-8/h4-5,7H,6,12H2,1-3H3. The topological polar surface area (TPSA) is 39.2 Å². The fraction of sp³-hybridized carbons (Fsp3) is 0.600. The normalized spacial score (nSPS) is 14.5. The van der Waals surface area contributed by atoms with Gasteiger partial charge in [-0.25, -0.2) is 0 Å². The van der Waals surface area contributed by atoms with E-state index < -0.39 is 0 Å². The molecule has 1 aromatic rings. The molecule has 3 heteroatoms. The van der Waals surface area contributed by atoms with Gasteiger partial charge in [0.15, 0.2) is 5.22 Å². The maximum absolute atomic E-state index is 5.91. The van der Waals surface area contributed by atoms with E-state index in [0.717, 1.165) is 12.2 Å². The Morgan fingerprint density at radius 3 is 2.54 bits per heavy atom. The summed E-state index contributed by atoms with van der Waals surface area (Å²) in [6, 6.07) is 3.66. The molecule has 1 heterocycles. The molecule has 2 nitrogen and oxygen atoms in total. The number of furan rings is 1. The summed E-state index contributed by atoms with van der Waals surface area (Å²) < 4.78 is 5.30. The van der Waals surface area contributed by atoms with Gasteiger partial charge in [-0.1, -0.05) is 6.92 Å². The molecule has 0 radical (unpaired) electrons. The molecule has 0 amide bonds. The highest BCUT2D eigenvalue weighted by Gasteiger charge is 2.19. The summed E-state index contributed by atoms with van der Waals surface area (Å²) in [6.45, 7) is 6.10. The van der Waals surface area contributed by atoms with Gasteiger partial charge in [0, 0.05) is 11.5 Å². The molecule has 0 bridgehead atoms. The fourth-order valence-corrected chi connectivity index (χ4v) is 1.63. The molecule has 1 rings (SSSR count). The van der Waals surface area contributed by atoms with Crippen LogP contribution >= 0.6 is 11.6 Å². The fourth-order valence-electron chi connectivity index (χ4n) is 1.48.